The van der Waals surface area contributed by atoms with E-state index in [2.05, 4.69) is 40.3 Å². The molecule has 8 nitrogen and oxygen atoms in total. The summed E-state index contributed by atoms with van der Waals surface area (Å²) < 4.78 is 0. The Morgan fingerprint density at radius 1 is 1.24 bits per heavy atom. The minimum Gasteiger partial charge on any atom is -0.353 e. The molecule has 0 spiro atoms. The van der Waals surface area contributed by atoms with E-state index in [1.54, 1.807) is 12.4 Å². The quantitative estimate of drug-likeness (QED) is 0.512. The minimum absolute atomic E-state index is 0.620. The molecular formula is C16H20N8S. The topological polar surface area (TPSA) is 95.5 Å². The van der Waals surface area contributed by atoms with Gasteiger partial charge in [-0.2, -0.15) is 10.1 Å². The van der Waals surface area contributed by atoms with Gasteiger partial charge in [-0.05, 0) is 38.3 Å². The number of hydrogen-bond acceptors (Lipinski definition) is 8. The van der Waals surface area contributed by atoms with Crippen LogP contribution in [0.4, 0.5) is 5.95 Å². The Morgan fingerprint density at radius 2 is 2.12 bits per heavy atom. The van der Waals surface area contributed by atoms with E-state index < -0.39 is 0 Å². The molecule has 1 aliphatic rings. The molecule has 3 aromatic rings. The van der Waals surface area contributed by atoms with Crippen LogP contribution in [0, 0.1) is 0 Å². The molecule has 130 valence electrons. The van der Waals surface area contributed by atoms with Gasteiger partial charge in [0, 0.05) is 25.5 Å². The lowest BCUT2D eigenvalue weighted by Gasteiger charge is -2.14. The van der Waals surface area contributed by atoms with Crippen LogP contribution in [0.15, 0.2) is 23.6 Å². The summed E-state index contributed by atoms with van der Waals surface area (Å²) in [6.07, 6.45) is 8.09. The van der Waals surface area contributed by atoms with Crippen LogP contribution in [-0.4, -0.2) is 67.5 Å². The van der Waals surface area contributed by atoms with E-state index in [1.165, 1.54) is 37.7 Å². The van der Waals surface area contributed by atoms with Crippen molar-refractivity contribution in [2.45, 2.75) is 18.0 Å². The second-order valence-corrected chi connectivity index (χ2v) is 6.71. The van der Waals surface area contributed by atoms with Gasteiger partial charge in [0.2, 0.25) is 5.95 Å². The highest BCUT2D eigenvalue weighted by atomic mass is 32.2. The molecule has 0 amide bonds. The van der Waals surface area contributed by atoms with Crippen LogP contribution in [0.25, 0.3) is 22.4 Å². The molecule has 1 fully saturated rings. The molecule has 1 aliphatic heterocycles. The Bertz CT molecular complexity index is 858. The zero-order chi connectivity index (χ0) is 17.1. The van der Waals surface area contributed by atoms with Crippen molar-refractivity contribution >= 4 is 28.7 Å². The molecule has 1 saturated heterocycles. The van der Waals surface area contributed by atoms with Gasteiger partial charge in [0.15, 0.2) is 10.8 Å². The van der Waals surface area contributed by atoms with Crippen molar-refractivity contribution in [3.05, 3.63) is 18.5 Å². The van der Waals surface area contributed by atoms with Gasteiger partial charge in [0.05, 0.1) is 11.1 Å². The fourth-order valence-corrected chi connectivity index (χ4v) is 3.35. The third-order valence-electron chi connectivity index (χ3n) is 4.29. The Balaban J connectivity index is 1.50. The average molecular weight is 356 g/mol. The number of rotatable bonds is 6. The van der Waals surface area contributed by atoms with Gasteiger partial charge in [-0.15, -0.1) is 0 Å². The van der Waals surface area contributed by atoms with Gasteiger partial charge in [-0.1, -0.05) is 11.8 Å². The average Bonchev–Trinajstić information content (AvgIpc) is 3.31. The molecule has 9 heteroatoms. The van der Waals surface area contributed by atoms with E-state index in [4.69, 9.17) is 0 Å². The number of anilines is 1. The van der Waals surface area contributed by atoms with Crippen LogP contribution in [0.5, 0.6) is 0 Å². The van der Waals surface area contributed by atoms with Crippen LogP contribution in [0.1, 0.15) is 12.8 Å². The van der Waals surface area contributed by atoms with Crippen LogP contribution >= 0.6 is 11.8 Å². The largest absolute Gasteiger partial charge is 0.353 e. The molecular weight excluding hydrogens is 336 g/mol. The summed E-state index contributed by atoms with van der Waals surface area (Å²) in [6.45, 7) is 4.26. The number of nitrogens with zero attached hydrogens (tertiary/aromatic N) is 6. The summed E-state index contributed by atoms with van der Waals surface area (Å²) in [5, 5.41) is 12.2. The number of hydrogen-bond donors (Lipinski definition) is 2. The second-order valence-electron chi connectivity index (χ2n) is 5.93. The normalized spacial score (nSPS) is 15.1. The first-order chi connectivity index (χ1) is 12.3. The standard InChI is InChI=1S/C16H20N8S/c1-25-16-18-5-4-12(20-16)13-11-10-19-15(21-14(11)23-22-13)17-6-9-24-7-2-3-8-24/h4-5,10H,2-3,6-9H2,1H3,(H2,17,19,21,22,23). The highest BCUT2D eigenvalue weighted by Gasteiger charge is 2.13. The Morgan fingerprint density at radius 3 is 2.96 bits per heavy atom. The van der Waals surface area contributed by atoms with Crippen LogP contribution < -0.4 is 5.32 Å². The summed E-state index contributed by atoms with van der Waals surface area (Å²) in [6, 6.07) is 1.84. The van der Waals surface area contributed by atoms with Gasteiger partial charge in [-0.3, -0.25) is 5.10 Å². The molecule has 0 aromatic carbocycles. The summed E-state index contributed by atoms with van der Waals surface area (Å²) in [4.78, 5) is 20.1. The molecule has 0 unspecified atom stereocenters. The first-order valence-corrected chi connectivity index (χ1v) is 9.61. The minimum atomic E-state index is 0.620. The van der Waals surface area contributed by atoms with E-state index in [0.29, 0.717) is 11.6 Å². The van der Waals surface area contributed by atoms with Crippen molar-refractivity contribution in [1.82, 2.24) is 35.0 Å². The highest BCUT2D eigenvalue weighted by Crippen LogP contribution is 2.24. The van der Waals surface area contributed by atoms with Crippen molar-refractivity contribution in [2.75, 3.05) is 37.8 Å². The zero-order valence-electron chi connectivity index (χ0n) is 14.1. The van der Waals surface area contributed by atoms with Crippen molar-refractivity contribution < 1.29 is 0 Å². The van der Waals surface area contributed by atoms with E-state index >= 15 is 0 Å². The van der Waals surface area contributed by atoms with Gasteiger partial charge in [0.25, 0.3) is 0 Å². The molecule has 25 heavy (non-hydrogen) atoms. The molecule has 0 bridgehead atoms. The summed E-state index contributed by atoms with van der Waals surface area (Å²) in [5.74, 6) is 0.620. The fraction of sp³-hybridized carbons (Fsp3) is 0.438. The van der Waals surface area contributed by atoms with E-state index in [-0.39, 0.29) is 0 Å². The van der Waals surface area contributed by atoms with Crippen molar-refractivity contribution in [1.29, 1.82) is 0 Å². The van der Waals surface area contributed by atoms with Gasteiger partial charge in [0.1, 0.15) is 5.69 Å². The van der Waals surface area contributed by atoms with Gasteiger partial charge >= 0.3 is 0 Å². The monoisotopic (exact) mass is 356 g/mol. The lowest BCUT2D eigenvalue weighted by atomic mass is 10.2. The Labute approximate surface area is 149 Å². The van der Waals surface area contributed by atoms with E-state index in [1.807, 2.05) is 12.3 Å². The zero-order valence-corrected chi connectivity index (χ0v) is 14.9. The smallest absolute Gasteiger partial charge is 0.224 e. The molecule has 0 saturated carbocycles. The summed E-state index contributed by atoms with van der Waals surface area (Å²) >= 11 is 1.50. The maximum atomic E-state index is 4.52. The highest BCUT2D eigenvalue weighted by molar-refractivity contribution is 7.98. The molecule has 0 radical (unpaired) electrons. The first kappa shape index (κ1) is 16.2. The molecule has 0 aliphatic carbocycles. The SMILES string of the molecule is CSc1nccc(-c2n[nH]c3nc(NCCN4CCCC4)ncc23)n1. The number of thioether (sulfide) groups is 1. The first-order valence-electron chi connectivity index (χ1n) is 8.38. The van der Waals surface area contributed by atoms with Gasteiger partial charge in [-0.25, -0.2) is 15.0 Å². The predicted molar refractivity (Wildman–Crippen MR) is 98.7 cm³/mol. The maximum Gasteiger partial charge on any atom is 0.224 e. The molecule has 0 atom stereocenters. The number of nitrogens with one attached hydrogen (secondary N) is 2. The van der Waals surface area contributed by atoms with Crippen molar-refractivity contribution in [3.63, 3.8) is 0 Å². The van der Waals surface area contributed by atoms with Crippen LogP contribution in [0.3, 0.4) is 0 Å². The summed E-state index contributed by atoms with van der Waals surface area (Å²) in [7, 11) is 0. The van der Waals surface area contributed by atoms with Crippen molar-refractivity contribution in [3.8, 4) is 11.4 Å². The molecule has 4 rings (SSSR count). The molecule has 4 heterocycles. The Hall–Kier alpha value is -2.26. The van der Waals surface area contributed by atoms with Gasteiger partial charge < -0.3 is 10.2 Å². The lowest BCUT2D eigenvalue weighted by molar-refractivity contribution is 0.352. The summed E-state index contributed by atoms with van der Waals surface area (Å²) in [5.41, 5.74) is 2.22. The number of aromatic nitrogens is 6. The van der Waals surface area contributed by atoms with Crippen LogP contribution in [-0.2, 0) is 0 Å². The predicted octanol–water partition coefficient (Wildman–Crippen LogP) is 2.04. The second kappa shape index (κ2) is 7.32. The lowest BCUT2D eigenvalue weighted by Crippen LogP contribution is -2.26. The molecule has 3 aromatic heterocycles. The number of aromatic amines is 1. The van der Waals surface area contributed by atoms with Crippen LogP contribution in [0.2, 0.25) is 0 Å². The third-order valence-corrected chi connectivity index (χ3v) is 4.85. The molecule has 2 N–H and O–H groups in total. The number of H-pyrrole nitrogens is 1. The maximum absolute atomic E-state index is 4.52. The number of likely N-dealkylation sites (tertiary alicyclic amines) is 1. The van der Waals surface area contributed by atoms with Crippen molar-refractivity contribution in [2.24, 2.45) is 0 Å². The van der Waals surface area contributed by atoms with E-state index in [0.717, 1.165) is 35.0 Å². The fourth-order valence-electron chi connectivity index (χ4n) is 2.99. The third kappa shape index (κ3) is 3.57. The number of fused-ring (bicyclic) bond motifs is 1. The van der Waals surface area contributed by atoms with E-state index in [9.17, 15) is 0 Å². The Kier molecular flexibility index (Phi) is 4.75.